The van der Waals surface area contributed by atoms with Crippen molar-refractivity contribution in [2.45, 2.75) is 17.9 Å². The Bertz CT molecular complexity index is 306. The van der Waals surface area contributed by atoms with Gasteiger partial charge in [-0.25, -0.2) is 4.39 Å². The summed E-state index contributed by atoms with van der Waals surface area (Å²) in [5.41, 5.74) is 0.926. The first-order valence-corrected chi connectivity index (χ1v) is 6.14. The standard InChI is InChI=1S/C10H12BrFOS/c1-7(5-13)14-6-8-4-9(12)2-3-10(8)11/h2-4,7,13H,5-6H2,1H3. The Balaban J connectivity index is 2.62. The van der Waals surface area contributed by atoms with E-state index in [1.54, 1.807) is 17.8 Å². The Kier molecular flexibility index (Phi) is 4.92. The number of thioether (sulfide) groups is 1. The highest BCUT2D eigenvalue weighted by atomic mass is 79.9. The van der Waals surface area contributed by atoms with Crippen molar-refractivity contribution >= 4 is 27.7 Å². The molecule has 0 aliphatic rings. The quantitative estimate of drug-likeness (QED) is 0.913. The van der Waals surface area contributed by atoms with Crippen molar-refractivity contribution in [1.29, 1.82) is 0 Å². The van der Waals surface area contributed by atoms with Crippen LogP contribution in [0.1, 0.15) is 12.5 Å². The Morgan fingerprint density at radius 1 is 1.57 bits per heavy atom. The third kappa shape index (κ3) is 3.59. The van der Waals surface area contributed by atoms with Gasteiger partial charge in [0.2, 0.25) is 0 Å². The van der Waals surface area contributed by atoms with Crippen molar-refractivity contribution in [2.24, 2.45) is 0 Å². The van der Waals surface area contributed by atoms with Crippen LogP contribution in [0.2, 0.25) is 0 Å². The third-order valence-corrected chi connectivity index (χ3v) is 3.76. The smallest absolute Gasteiger partial charge is 0.123 e. The zero-order chi connectivity index (χ0) is 10.6. The molecule has 1 nitrogen and oxygen atoms in total. The molecule has 1 aromatic carbocycles. The normalized spacial score (nSPS) is 12.9. The molecular formula is C10H12BrFOS. The Morgan fingerprint density at radius 3 is 2.93 bits per heavy atom. The molecule has 78 valence electrons. The van der Waals surface area contributed by atoms with Crippen molar-refractivity contribution in [1.82, 2.24) is 0 Å². The Morgan fingerprint density at radius 2 is 2.29 bits per heavy atom. The van der Waals surface area contributed by atoms with Crippen LogP contribution in [0, 0.1) is 5.82 Å². The summed E-state index contributed by atoms with van der Waals surface area (Å²) in [4.78, 5) is 0. The fourth-order valence-corrected chi connectivity index (χ4v) is 2.32. The van der Waals surface area contributed by atoms with Crippen LogP contribution < -0.4 is 0 Å². The van der Waals surface area contributed by atoms with E-state index in [0.717, 1.165) is 10.0 Å². The maximum atomic E-state index is 12.9. The molecule has 1 aromatic rings. The molecule has 0 aliphatic carbocycles. The highest BCUT2D eigenvalue weighted by Gasteiger charge is 2.05. The number of hydrogen-bond donors (Lipinski definition) is 1. The van der Waals surface area contributed by atoms with Gasteiger partial charge in [-0.2, -0.15) is 11.8 Å². The number of rotatable bonds is 4. The van der Waals surface area contributed by atoms with Gasteiger partial charge in [-0.15, -0.1) is 0 Å². The summed E-state index contributed by atoms with van der Waals surface area (Å²) in [7, 11) is 0. The number of halogens is 2. The second kappa shape index (κ2) is 5.73. The van der Waals surface area contributed by atoms with E-state index in [1.165, 1.54) is 12.1 Å². The summed E-state index contributed by atoms with van der Waals surface area (Å²) in [6, 6.07) is 4.64. The zero-order valence-corrected chi connectivity index (χ0v) is 10.2. The van der Waals surface area contributed by atoms with Gasteiger partial charge in [0.1, 0.15) is 5.82 Å². The molecule has 0 bridgehead atoms. The van der Waals surface area contributed by atoms with Gasteiger partial charge in [0.15, 0.2) is 0 Å². The second-order valence-electron chi connectivity index (χ2n) is 3.04. The van der Waals surface area contributed by atoms with Crippen molar-refractivity contribution in [2.75, 3.05) is 6.61 Å². The SMILES string of the molecule is CC(CO)SCc1cc(F)ccc1Br. The van der Waals surface area contributed by atoms with Gasteiger partial charge >= 0.3 is 0 Å². The summed E-state index contributed by atoms with van der Waals surface area (Å²) in [6.07, 6.45) is 0. The van der Waals surface area contributed by atoms with Crippen LogP contribution in [-0.4, -0.2) is 17.0 Å². The maximum absolute atomic E-state index is 12.9. The molecule has 0 amide bonds. The summed E-state index contributed by atoms with van der Waals surface area (Å²) in [5, 5.41) is 9.02. The summed E-state index contributed by atoms with van der Waals surface area (Å²) in [5.74, 6) is 0.487. The number of hydrogen-bond acceptors (Lipinski definition) is 2. The highest BCUT2D eigenvalue weighted by Crippen LogP contribution is 2.24. The van der Waals surface area contributed by atoms with Gasteiger partial charge in [-0.3, -0.25) is 0 Å². The van der Waals surface area contributed by atoms with Crippen LogP contribution in [0.5, 0.6) is 0 Å². The molecule has 0 spiro atoms. The second-order valence-corrected chi connectivity index (χ2v) is 5.32. The van der Waals surface area contributed by atoms with Gasteiger partial charge in [0, 0.05) is 15.5 Å². The molecule has 0 heterocycles. The first kappa shape index (κ1) is 12.0. The van der Waals surface area contributed by atoms with Crippen LogP contribution in [0.3, 0.4) is 0 Å². The van der Waals surface area contributed by atoms with Gasteiger partial charge < -0.3 is 5.11 Å². The van der Waals surface area contributed by atoms with Crippen LogP contribution in [-0.2, 0) is 5.75 Å². The topological polar surface area (TPSA) is 20.2 Å². The molecule has 0 radical (unpaired) electrons. The predicted molar refractivity (Wildman–Crippen MR) is 61.9 cm³/mol. The van der Waals surface area contributed by atoms with Gasteiger partial charge in [0.25, 0.3) is 0 Å². The molecule has 1 rings (SSSR count). The predicted octanol–water partition coefficient (Wildman–Crippen LogP) is 3.20. The lowest BCUT2D eigenvalue weighted by molar-refractivity contribution is 0.300. The van der Waals surface area contributed by atoms with E-state index in [-0.39, 0.29) is 17.7 Å². The fourth-order valence-electron chi connectivity index (χ4n) is 0.939. The lowest BCUT2D eigenvalue weighted by Gasteiger charge is -2.08. The van der Waals surface area contributed by atoms with E-state index in [2.05, 4.69) is 15.9 Å². The van der Waals surface area contributed by atoms with Crippen LogP contribution in [0.15, 0.2) is 22.7 Å². The molecular weight excluding hydrogens is 267 g/mol. The minimum absolute atomic E-state index is 0.150. The van der Waals surface area contributed by atoms with Gasteiger partial charge in [0.05, 0.1) is 6.61 Å². The van der Waals surface area contributed by atoms with E-state index >= 15 is 0 Å². The molecule has 14 heavy (non-hydrogen) atoms. The minimum Gasteiger partial charge on any atom is -0.395 e. The van der Waals surface area contributed by atoms with E-state index in [9.17, 15) is 4.39 Å². The first-order valence-electron chi connectivity index (χ1n) is 4.30. The Hall–Kier alpha value is -0.0600. The molecule has 0 saturated carbocycles. The van der Waals surface area contributed by atoms with Crippen LogP contribution in [0.25, 0.3) is 0 Å². The van der Waals surface area contributed by atoms with E-state index in [1.807, 2.05) is 6.92 Å². The summed E-state index contributed by atoms with van der Waals surface area (Å²) in [6.45, 7) is 2.09. The lowest BCUT2D eigenvalue weighted by Crippen LogP contribution is -2.02. The fraction of sp³-hybridized carbons (Fsp3) is 0.400. The molecule has 0 saturated heterocycles. The van der Waals surface area contributed by atoms with Crippen molar-refractivity contribution in [3.05, 3.63) is 34.1 Å². The molecule has 0 fully saturated rings. The number of aliphatic hydroxyl groups excluding tert-OH is 1. The average Bonchev–Trinajstić information content (AvgIpc) is 2.19. The van der Waals surface area contributed by atoms with Crippen molar-refractivity contribution in [3.63, 3.8) is 0 Å². The summed E-state index contributed by atoms with van der Waals surface area (Å²) >= 11 is 4.97. The molecule has 1 unspecified atom stereocenters. The summed E-state index contributed by atoms with van der Waals surface area (Å²) < 4.78 is 13.8. The molecule has 1 atom stereocenters. The van der Waals surface area contributed by atoms with Gasteiger partial charge in [-0.1, -0.05) is 22.9 Å². The van der Waals surface area contributed by atoms with Crippen molar-refractivity contribution < 1.29 is 9.50 Å². The van der Waals surface area contributed by atoms with Crippen LogP contribution in [0.4, 0.5) is 4.39 Å². The van der Waals surface area contributed by atoms with E-state index in [0.29, 0.717) is 5.75 Å². The van der Waals surface area contributed by atoms with E-state index < -0.39 is 0 Å². The highest BCUT2D eigenvalue weighted by molar-refractivity contribution is 9.10. The largest absolute Gasteiger partial charge is 0.395 e. The third-order valence-electron chi connectivity index (χ3n) is 1.79. The first-order chi connectivity index (χ1) is 6.63. The van der Waals surface area contributed by atoms with Gasteiger partial charge in [-0.05, 0) is 23.8 Å². The number of benzene rings is 1. The monoisotopic (exact) mass is 278 g/mol. The molecule has 4 heteroatoms. The molecule has 1 N–H and O–H groups in total. The van der Waals surface area contributed by atoms with Crippen molar-refractivity contribution in [3.8, 4) is 0 Å². The average molecular weight is 279 g/mol. The van der Waals surface area contributed by atoms with E-state index in [4.69, 9.17) is 5.11 Å². The lowest BCUT2D eigenvalue weighted by atomic mass is 10.2. The Labute approximate surface area is 95.8 Å². The molecule has 0 aliphatic heterocycles. The van der Waals surface area contributed by atoms with Crippen LogP contribution >= 0.6 is 27.7 Å². The maximum Gasteiger partial charge on any atom is 0.123 e. The zero-order valence-electron chi connectivity index (χ0n) is 7.84. The molecule has 0 aromatic heterocycles. The minimum atomic E-state index is -0.222. The number of aliphatic hydroxyl groups is 1.